The van der Waals surface area contributed by atoms with E-state index in [1.54, 1.807) is 0 Å². The van der Waals surface area contributed by atoms with E-state index < -0.39 is 0 Å². The Morgan fingerprint density at radius 1 is 0.962 bits per heavy atom. The minimum absolute atomic E-state index is 0.185. The first-order valence-corrected chi connectivity index (χ1v) is 10.6. The highest BCUT2D eigenvalue weighted by atomic mass is 32.2. The highest BCUT2D eigenvalue weighted by Crippen LogP contribution is 2.47. The molecule has 4 rings (SSSR count). The lowest BCUT2D eigenvalue weighted by Gasteiger charge is -2.31. The molecule has 2 atom stereocenters. The monoisotopic (exact) mass is 366 g/mol. The molecule has 2 aromatic rings. The molecule has 0 saturated carbocycles. The quantitative estimate of drug-likeness (QED) is 0.628. The average molecular weight is 367 g/mol. The maximum atomic E-state index is 6.19. The van der Waals surface area contributed by atoms with Crippen LogP contribution in [0, 0.1) is 10.8 Å². The molecule has 0 spiro atoms. The number of fused-ring (bicyclic) bond motifs is 2. The van der Waals surface area contributed by atoms with E-state index in [1.165, 1.54) is 28.0 Å². The summed E-state index contributed by atoms with van der Waals surface area (Å²) in [7, 11) is 0. The van der Waals surface area contributed by atoms with Gasteiger partial charge in [-0.2, -0.15) is 0 Å². The molecule has 0 radical (unpaired) electrons. The van der Waals surface area contributed by atoms with E-state index in [2.05, 4.69) is 88.8 Å². The van der Waals surface area contributed by atoms with Crippen LogP contribution in [-0.4, -0.2) is 11.4 Å². The third-order valence-electron chi connectivity index (χ3n) is 5.94. The number of thioether (sulfide) groups is 1. The summed E-state index contributed by atoms with van der Waals surface area (Å²) in [6.07, 6.45) is 3.64. The van der Waals surface area contributed by atoms with Crippen molar-refractivity contribution >= 4 is 11.8 Å². The van der Waals surface area contributed by atoms with Crippen molar-refractivity contribution in [1.29, 1.82) is 0 Å². The van der Waals surface area contributed by atoms with Crippen molar-refractivity contribution in [3.8, 4) is 5.75 Å². The van der Waals surface area contributed by atoms with Crippen LogP contribution in [0.3, 0.4) is 0 Å². The van der Waals surface area contributed by atoms with Gasteiger partial charge in [-0.3, -0.25) is 0 Å². The summed E-state index contributed by atoms with van der Waals surface area (Å²) in [5, 5.41) is 0.645. The molecule has 2 heterocycles. The molecule has 0 saturated heterocycles. The highest BCUT2D eigenvalue weighted by Gasteiger charge is 2.36. The first-order chi connectivity index (χ1) is 12.2. The van der Waals surface area contributed by atoms with E-state index in [0.29, 0.717) is 11.4 Å². The van der Waals surface area contributed by atoms with Crippen LogP contribution < -0.4 is 4.74 Å². The van der Waals surface area contributed by atoms with Gasteiger partial charge >= 0.3 is 0 Å². The Balaban J connectivity index is 1.49. The van der Waals surface area contributed by atoms with E-state index in [-0.39, 0.29) is 10.8 Å². The third-order valence-corrected chi connectivity index (χ3v) is 7.69. The number of hydrogen-bond acceptors (Lipinski definition) is 2. The van der Waals surface area contributed by atoms with Gasteiger partial charge in [-0.15, -0.1) is 11.8 Å². The molecule has 2 aliphatic rings. The number of rotatable bonds is 3. The summed E-state index contributed by atoms with van der Waals surface area (Å²) in [4.78, 5) is 1.47. The Kier molecular flexibility index (Phi) is 4.38. The molecule has 2 aliphatic heterocycles. The molecular formula is C24H30OS. The molecule has 1 nitrogen and oxygen atoms in total. The van der Waals surface area contributed by atoms with Gasteiger partial charge in [0, 0.05) is 16.6 Å². The largest absolute Gasteiger partial charge is 0.489 e. The van der Waals surface area contributed by atoms with E-state index in [4.69, 9.17) is 4.74 Å². The predicted octanol–water partition coefficient (Wildman–Crippen LogP) is 6.32. The number of hydrogen-bond donors (Lipinski definition) is 0. The number of benzene rings is 2. The summed E-state index contributed by atoms with van der Waals surface area (Å²) >= 11 is 2.07. The van der Waals surface area contributed by atoms with Crippen molar-refractivity contribution in [3.63, 3.8) is 0 Å². The topological polar surface area (TPSA) is 9.23 Å². The third kappa shape index (κ3) is 3.41. The zero-order valence-electron chi connectivity index (χ0n) is 16.6. The first kappa shape index (κ1) is 18.0. The normalized spacial score (nSPS) is 22.0. The zero-order valence-corrected chi connectivity index (χ0v) is 17.5. The van der Waals surface area contributed by atoms with Gasteiger partial charge in [-0.05, 0) is 52.5 Å². The number of ether oxygens (including phenoxy) is 1. The Hall–Kier alpha value is -1.41. The van der Waals surface area contributed by atoms with Gasteiger partial charge < -0.3 is 4.74 Å². The summed E-state index contributed by atoms with van der Waals surface area (Å²) < 4.78 is 6.19. The van der Waals surface area contributed by atoms with Crippen molar-refractivity contribution in [3.05, 3.63) is 59.2 Å². The van der Waals surface area contributed by atoms with Crippen molar-refractivity contribution in [2.24, 2.45) is 10.8 Å². The van der Waals surface area contributed by atoms with Crippen LogP contribution in [0.2, 0.25) is 0 Å². The smallest absolute Gasteiger partial charge is 0.123 e. The fraction of sp³-hybridized carbons (Fsp3) is 0.500. The van der Waals surface area contributed by atoms with Crippen LogP contribution in [0.1, 0.15) is 51.3 Å². The van der Waals surface area contributed by atoms with Crippen molar-refractivity contribution in [2.75, 3.05) is 0 Å². The SMILES string of the molecule is CC(C)(C)C1Cc2cc(CC(C)(C)C3Cc4ccccc4S3)ccc2O1. The highest BCUT2D eigenvalue weighted by molar-refractivity contribution is 8.00. The molecule has 0 fully saturated rings. The fourth-order valence-corrected chi connectivity index (χ4v) is 5.58. The van der Waals surface area contributed by atoms with Crippen LogP contribution in [0.15, 0.2) is 47.4 Å². The standard InChI is InChI=1S/C24H30OS/c1-23(2,3)21-13-18-12-16(10-11-19(18)25-21)15-24(4,5)22-14-17-8-6-7-9-20(17)26-22/h6-12,21-22H,13-15H2,1-5H3. The van der Waals surface area contributed by atoms with Gasteiger partial charge in [0.25, 0.3) is 0 Å². The maximum Gasteiger partial charge on any atom is 0.123 e. The van der Waals surface area contributed by atoms with Crippen LogP contribution in [0.4, 0.5) is 0 Å². The van der Waals surface area contributed by atoms with Crippen LogP contribution >= 0.6 is 11.8 Å². The Bertz CT molecular complexity index is 790. The van der Waals surface area contributed by atoms with E-state index >= 15 is 0 Å². The van der Waals surface area contributed by atoms with Gasteiger partial charge in [0.2, 0.25) is 0 Å². The molecule has 26 heavy (non-hydrogen) atoms. The second-order valence-electron chi connectivity index (χ2n) is 9.70. The Morgan fingerprint density at radius 2 is 1.73 bits per heavy atom. The van der Waals surface area contributed by atoms with Gasteiger partial charge in [-0.25, -0.2) is 0 Å². The lowest BCUT2D eigenvalue weighted by molar-refractivity contribution is 0.109. The molecule has 0 N–H and O–H groups in total. The minimum Gasteiger partial charge on any atom is -0.489 e. The van der Waals surface area contributed by atoms with Crippen LogP contribution in [0.25, 0.3) is 0 Å². The second kappa shape index (κ2) is 6.34. The average Bonchev–Trinajstić information content (AvgIpc) is 3.18. The molecule has 0 aliphatic carbocycles. The van der Waals surface area contributed by atoms with E-state index in [1.807, 2.05) is 0 Å². The molecule has 0 aromatic heterocycles. The van der Waals surface area contributed by atoms with Crippen LogP contribution in [-0.2, 0) is 19.3 Å². The van der Waals surface area contributed by atoms with E-state index in [9.17, 15) is 0 Å². The Labute approximate surface area is 162 Å². The molecule has 0 amide bonds. The molecule has 2 aromatic carbocycles. The predicted molar refractivity (Wildman–Crippen MR) is 111 cm³/mol. The lowest BCUT2D eigenvalue weighted by atomic mass is 9.79. The van der Waals surface area contributed by atoms with Gasteiger partial charge in [0.05, 0.1) is 0 Å². The van der Waals surface area contributed by atoms with Gasteiger partial charge in [0.1, 0.15) is 11.9 Å². The molecule has 2 heteroatoms. The lowest BCUT2D eigenvalue weighted by Crippen LogP contribution is -2.30. The van der Waals surface area contributed by atoms with Crippen LogP contribution in [0.5, 0.6) is 5.75 Å². The van der Waals surface area contributed by atoms with Crippen molar-refractivity contribution in [1.82, 2.24) is 0 Å². The van der Waals surface area contributed by atoms with Crippen molar-refractivity contribution < 1.29 is 4.74 Å². The zero-order chi connectivity index (χ0) is 18.5. The molecule has 2 unspecified atom stereocenters. The van der Waals surface area contributed by atoms with Gasteiger partial charge in [0.15, 0.2) is 0 Å². The fourth-order valence-electron chi connectivity index (χ4n) is 4.15. The maximum absolute atomic E-state index is 6.19. The van der Waals surface area contributed by atoms with Gasteiger partial charge in [-0.1, -0.05) is 65.0 Å². The Morgan fingerprint density at radius 3 is 2.46 bits per heavy atom. The molecule has 0 bridgehead atoms. The molecule has 138 valence electrons. The first-order valence-electron chi connectivity index (χ1n) is 9.75. The van der Waals surface area contributed by atoms with Crippen molar-refractivity contribution in [2.45, 2.75) is 70.1 Å². The summed E-state index contributed by atoms with van der Waals surface area (Å²) in [5.41, 5.74) is 4.81. The minimum atomic E-state index is 0.185. The van der Waals surface area contributed by atoms with E-state index in [0.717, 1.165) is 18.6 Å². The summed E-state index contributed by atoms with van der Waals surface area (Å²) in [6, 6.07) is 15.8. The summed E-state index contributed by atoms with van der Waals surface area (Å²) in [6.45, 7) is 11.7. The second-order valence-corrected chi connectivity index (χ2v) is 10.9. The summed E-state index contributed by atoms with van der Waals surface area (Å²) in [5.74, 6) is 1.09. The molecular weight excluding hydrogens is 336 g/mol.